The zero-order valence-electron chi connectivity index (χ0n) is 15.3. The molecule has 0 spiro atoms. The summed E-state index contributed by atoms with van der Waals surface area (Å²) in [6.07, 6.45) is 1.85. The highest BCUT2D eigenvalue weighted by molar-refractivity contribution is 8.01. The lowest BCUT2D eigenvalue weighted by Gasteiger charge is -2.38. The van der Waals surface area contributed by atoms with Gasteiger partial charge in [0.25, 0.3) is 0 Å². The Balaban J connectivity index is 1.87. The first-order valence-electron chi connectivity index (χ1n) is 9.00. The number of Topliss-reactive ketones (excluding diaryl/α,β-unsaturated/α-hetero) is 1. The molecule has 0 amide bonds. The first-order chi connectivity index (χ1) is 14.2. The van der Waals surface area contributed by atoms with Gasteiger partial charge >= 0.3 is 0 Å². The summed E-state index contributed by atoms with van der Waals surface area (Å²) in [5.74, 6) is 0.115. The highest BCUT2D eigenvalue weighted by atomic mass is 32.2. The molecule has 2 aromatic rings. The van der Waals surface area contributed by atoms with Gasteiger partial charge in [0.05, 0.1) is 29.4 Å². The van der Waals surface area contributed by atoms with Crippen LogP contribution in [-0.4, -0.2) is 21.7 Å². The molecule has 7 nitrogen and oxygen atoms in total. The zero-order chi connectivity index (χ0) is 20.4. The number of hydrogen-bond donors (Lipinski definition) is 1. The predicted octanol–water partition coefficient (Wildman–Crippen LogP) is 3.46. The fraction of sp³-hybridized carbons (Fsp3) is 0.250. The Morgan fingerprint density at radius 1 is 1.24 bits per heavy atom. The van der Waals surface area contributed by atoms with Crippen LogP contribution in [0.1, 0.15) is 30.7 Å². The highest BCUT2D eigenvalue weighted by Crippen LogP contribution is 2.46. The Bertz CT molecular complexity index is 1110. The van der Waals surface area contributed by atoms with E-state index < -0.39 is 5.92 Å². The van der Waals surface area contributed by atoms with Gasteiger partial charge in [-0.25, -0.2) is 0 Å². The molecule has 29 heavy (non-hydrogen) atoms. The third-order valence-corrected chi connectivity index (χ3v) is 6.80. The number of rotatable bonds is 4. The lowest BCUT2D eigenvalue weighted by molar-refractivity contribution is -0.116. The normalized spacial score (nSPS) is 19.0. The van der Waals surface area contributed by atoms with Crippen LogP contribution in [0, 0.1) is 22.7 Å². The van der Waals surface area contributed by atoms with Gasteiger partial charge in [0.1, 0.15) is 5.82 Å². The van der Waals surface area contributed by atoms with Gasteiger partial charge in [-0.1, -0.05) is 53.4 Å². The molecule has 1 atom stereocenters. The number of hydrogen-bond acceptors (Lipinski definition) is 9. The maximum atomic E-state index is 13.0. The molecule has 1 aliphatic heterocycles. The lowest BCUT2D eigenvalue weighted by Crippen LogP contribution is -2.38. The van der Waals surface area contributed by atoms with Crippen LogP contribution in [0.4, 0.5) is 5.13 Å². The van der Waals surface area contributed by atoms with Crippen LogP contribution in [0.25, 0.3) is 0 Å². The second-order valence-corrected chi connectivity index (χ2v) is 8.70. The summed E-state index contributed by atoms with van der Waals surface area (Å²) < 4.78 is 0.641. The van der Waals surface area contributed by atoms with E-state index in [0.29, 0.717) is 33.5 Å². The van der Waals surface area contributed by atoms with Gasteiger partial charge in [-0.05, 0) is 18.4 Å². The number of carbonyl (C=O) groups is 1. The Hall–Kier alpha value is -3.14. The van der Waals surface area contributed by atoms with Crippen LogP contribution in [0.15, 0.2) is 57.3 Å². The summed E-state index contributed by atoms with van der Waals surface area (Å²) in [6, 6.07) is 13.8. The topological polar surface area (TPSA) is 120 Å². The molecule has 0 saturated carbocycles. The van der Waals surface area contributed by atoms with E-state index >= 15 is 0 Å². The van der Waals surface area contributed by atoms with Crippen molar-refractivity contribution in [1.29, 1.82) is 10.5 Å². The Labute approximate surface area is 176 Å². The SMILES string of the molecule is N#CCSc1nnc(N2C(N)=C(C#N)C(c3ccccc3)C3=C2CCCC3=O)s1. The number of nitriles is 2. The summed E-state index contributed by atoms with van der Waals surface area (Å²) in [5.41, 5.74) is 9.10. The van der Waals surface area contributed by atoms with E-state index in [1.165, 1.54) is 23.1 Å². The smallest absolute Gasteiger partial charge is 0.219 e. The minimum Gasteiger partial charge on any atom is -0.384 e. The minimum absolute atomic E-state index is 0.0361. The van der Waals surface area contributed by atoms with Crippen molar-refractivity contribution in [3.05, 3.63) is 58.6 Å². The molecule has 0 fully saturated rings. The number of allylic oxidation sites excluding steroid dienone is 3. The molecule has 144 valence electrons. The van der Waals surface area contributed by atoms with E-state index in [9.17, 15) is 10.1 Å². The van der Waals surface area contributed by atoms with Gasteiger partial charge in [-0.15, -0.1) is 10.2 Å². The molecule has 0 saturated heterocycles. The average Bonchev–Trinajstić information content (AvgIpc) is 3.20. The molecule has 0 bridgehead atoms. The van der Waals surface area contributed by atoms with Crippen molar-refractivity contribution in [2.75, 3.05) is 10.7 Å². The molecule has 1 aliphatic carbocycles. The van der Waals surface area contributed by atoms with Crippen LogP contribution >= 0.6 is 23.1 Å². The van der Waals surface area contributed by atoms with E-state index in [1.54, 1.807) is 4.90 Å². The second kappa shape index (κ2) is 8.08. The summed E-state index contributed by atoms with van der Waals surface area (Å²) in [6.45, 7) is 0. The van der Waals surface area contributed by atoms with Crippen LogP contribution < -0.4 is 10.6 Å². The fourth-order valence-electron chi connectivity index (χ4n) is 3.73. The van der Waals surface area contributed by atoms with Crippen LogP contribution in [0.5, 0.6) is 0 Å². The summed E-state index contributed by atoms with van der Waals surface area (Å²) >= 11 is 2.59. The number of carbonyl (C=O) groups excluding carboxylic acids is 1. The molecule has 2 aliphatic rings. The third kappa shape index (κ3) is 3.39. The van der Waals surface area contributed by atoms with Crippen molar-refractivity contribution in [3.8, 4) is 12.1 Å². The Kier molecular flexibility index (Phi) is 5.34. The predicted molar refractivity (Wildman–Crippen MR) is 111 cm³/mol. The number of ketones is 1. The number of anilines is 1. The minimum atomic E-state index is -0.472. The van der Waals surface area contributed by atoms with Crippen molar-refractivity contribution in [2.45, 2.75) is 29.5 Å². The molecular weight excluding hydrogens is 404 g/mol. The number of nitrogens with zero attached hydrogens (tertiary/aromatic N) is 5. The third-order valence-electron chi connectivity index (χ3n) is 4.89. The van der Waals surface area contributed by atoms with Gasteiger partial charge in [0.2, 0.25) is 5.13 Å². The molecule has 0 radical (unpaired) electrons. The van der Waals surface area contributed by atoms with Crippen molar-refractivity contribution < 1.29 is 4.79 Å². The molecule has 9 heteroatoms. The van der Waals surface area contributed by atoms with Gasteiger partial charge in [0, 0.05) is 17.7 Å². The zero-order valence-corrected chi connectivity index (χ0v) is 17.0. The fourth-order valence-corrected chi connectivity index (χ4v) is 5.27. The molecule has 1 unspecified atom stereocenters. The van der Waals surface area contributed by atoms with E-state index in [1.807, 2.05) is 30.3 Å². The Morgan fingerprint density at radius 2 is 2.03 bits per heavy atom. The standard InChI is InChI=1S/C20H16N6OS2/c21-9-10-28-20-25-24-19(29-20)26-14-7-4-8-15(27)17(14)16(13(11-22)18(26)23)12-5-2-1-3-6-12/h1-3,5-6,16H,4,7-8,10,23H2. The molecule has 1 aromatic carbocycles. The van der Waals surface area contributed by atoms with Crippen molar-refractivity contribution >= 4 is 34.0 Å². The lowest BCUT2D eigenvalue weighted by atomic mass is 9.76. The van der Waals surface area contributed by atoms with Gasteiger partial charge < -0.3 is 5.73 Å². The van der Waals surface area contributed by atoms with Crippen LogP contribution in [0.2, 0.25) is 0 Å². The number of aromatic nitrogens is 2. The van der Waals surface area contributed by atoms with Crippen molar-refractivity contribution in [2.24, 2.45) is 5.73 Å². The highest BCUT2D eigenvalue weighted by Gasteiger charge is 2.41. The van der Waals surface area contributed by atoms with Crippen LogP contribution in [0.3, 0.4) is 0 Å². The first-order valence-corrected chi connectivity index (χ1v) is 10.8. The number of thioether (sulfide) groups is 1. The van der Waals surface area contributed by atoms with Gasteiger partial charge in [-0.3, -0.25) is 9.69 Å². The summed E-state index contributed by atoms with van der Waals surface area (Å²) in [7, 11) is 0. The molecule has 2 N–H and O–H groups in total. The maximum Gasteiger partial charge on any atom is 0.219 e. The monoisotopic (exact) mass is 420 g/mol. The average molecular weight is 421 g/mol. The van der Waals surface area contributed by atoms with Crippen LogP contribution in [-0.2, 0) is 4.79 Å². The second-order valence-electron chi connectivity index (χ2n) is 6.52. The summed E-state index contributed by atoms with van der Waals surface area (Å²) in [4.78, 5) is 14.7. The van der Waals surface area contributed by atoms with E-state index in [-0.39, 0.29) is 17.4 Å². The van der Waals surface area contributed by atoms with E-state index in [0.717, 1.165) is 17.7 Å². The van der Waals surface area contributed by atoms with Gasteiger partial charge in [0.15, 0.2) is 10.1 Å². The number of benzene rings is 1. The van der Waals surface area contributed by atoms with Gasteiger partial charge in [-0.2, -0.15) is 10.5 Å². The van der Waals surface area contributed by atoms with E-state index in [4.69, 9.17) is 11.0 Å². The van der Waals surface area contributed by atoms with E-state index in [2.05, 4.69) is 22.3 Å². The maximum absolute atomic E-state index is 13.0. The van der Waals surface area contributed by atoms with Crippen molar-refractivity contribution in [3.63, 3.8) is 0 Å². The molecule has 4 rings (SSSR count). The molecule has 2 heterocycles. The summed E-state index contributed by atoms with van der Waals surface area (Å²) in [5, 5.41) is 27.6. The quantitative estimate of drug-likeness (QED) is 0.747. The van der Waals surface area contributed by atoms with Crippen molar-refractivity contribution in [1.82, 2.24) is 10.2 Å². The molecule has 1 aromatic heterocycles. The first kappa shape index (κ1) is 19.2. The Morgan fingerprint density at radius 3 is 2.76 bits per heavy atom. The number of nitrogens with two attached hydrogens (primary N) is 1. The largest absolute Gasteiger partial charge is 0.384 e. The molecular formula is C20H16N6OS2.